The van der Waals surface area contributed by atoms with Crippen LogP contribution in [0.3, 0.4) is 0 Å². The van der Waals surface area contributed by atoms with Crippen LogP contribution >= 0.6 is 0 Å². The summed E-state index contributed by atoms with van der Waals surface area (Å²) in [6, 6.07) is 9.51. The number of hydrogen-bond acceptors (Lipinski definition) is 5. The lowest BCUT2D eigenvalue weighted by Crippen LogP contribution is -2.22. The largest absolute Gasteiger partial charge is 0.471 e. The van der Waals surface area contributed by atoms with E-state index in [9.17, 15) is 9.59 Å². The van der Waals surface area contributed by atoms with Gasteiger partial charge in [0, 0.05) is 26.0 Å². The second-order valence-electron chi connectivity index (χ2n) is 8.07. The van der Waals surface area contributed by atoms with Crippen LogP contribution in [0.4, 0.5) is 5.69 Å². The summed E-state index contributed by atoms with van der Waals surface area (Å²) in [5.41, 5.74) is 1.99. The quantitative estimate of drug-likeness (QED) is 0.607. The Labute approximate surface area is 181 Å². The predicted molar refractivity (Wildman–Crippen MR) is 117 cm³/mol. The molecule has 2 aromatic heterocycles. The van der Waals surface area contributed by atoms with E-state index in [1.54, 1.807) is 23.1 Å². The van der Waals surface area contributed by atoms with Gasteiger partial charge in [-0.25, -0.2) is 4.68 Å². The molecule has 0 radical (unpaired) electrons. The van der Waals surface area contributed by atoms with Gasteiger partial charge in [0.05, 0.1) is 5.69 Å². The lowest BCUT2D eigenvalue weighted by molar-refractivity contribution is 0.0958. The highest BCUT2D eigenvalue weighted by Gasteiger charge is 2.19. The van der Waals surface area contributed by atoms with Gasteiger partial charge in [-0.2, -0.15) is 10.2 Å². The molecule has 3 rings (SSSR count). The van der Waals surface area contributed by atoms with Crippen molar-refractivity contribution in [2.45, 2.75) is 46.4 Å². The van der Waals surface area contributed by atoms with E-state index in [1.807, 2.05) is 31.2 Å². The highest BCUT2D eigenvalue weighted by atomic mass is 16.5. The fraction of sp³-hybridized carbons (Fsp3) is 0.364. The second-order valence-corrected chi connectivity index (χ2v) is 8.07. The Morgan fingerprint density at radius 2 is 1.74 bits per heavy atom. The van der Waals surface area contributed by atoms with Gasteiger partial charge in [0.15, 0.2) is 18.1 Å². The molecule has 2 N–H and O–H groups in total. The third-order valence-corrected chi connectivity index (χ3v) is 4.73. The third-order valence-electron chi connectivity index (χ3n) is 4.73. The van der Waals surface area contributed by atoms with Crippen LogP contribution in [-0.2, 0) is 18.7 Å². The van der Waals surface area contributed by atoms with Crippen LogP contribution in [0, 0.1) is 0 Å². The molecule has 0 saturated carbocycles. The van der Waals surface area contributed by atoms with Gasteiger partial charge in [0.1, 0.15) is 5.75 Å². The van der Waals surface area contributed by atoms with E-state index in [-0.39, 0.29) is 29.4 Å². The highest BCUT2D eigenvalue weighted by molar-refractivity contribution is 6.07. The SMILES string of the molecule is CCn1cc(NC(=O)c2ccn(COc3ccc(C(C)(C)C)cc3)n2)c(C(=O)NC)n1. The Kier molecular flexibility index (Phi) is 6.43. The summed E-state index contributed by atoms with van der Waals surface area (Å²) in [4.78, 5) is 24.6. The average molecular weight is 425 g/mol. The number of aromatic nitrogens is 4. The molecule has 9 nitrogen and oxygen atoms in total. The lowest BCUT2D eigenvalue weighted by Gasteiger charge is -2.19. The first-order chi connectivity index (χ1) is 14.7. The first kappa shape index (κ1) is 22.1. The van der Waals surface area contributed by atoms with Crippen molar-refractivity contribution in [3.63, 3.8) is 0 Å². The summed E-state index contributed by atoms with van der Waals surface area (Å²) < 4.78 is 8.87. The maximum Gasteiger partial charge on any atom is 0.276 e. The van der Waals surface area contributed by atoms with Crippen molar-refractivity contribution >= 4 is 17.5 Å². The Balaban J connectivity index is 1.64. The minimum atomic E-state index is -0.436. The summed E-state index contributed by atoms with van der Waals surface area (Å²) >= 11 is 0. The van der Waals surface area contributed by atoms with Crippen molar-refractivity contribution in [3.8, 4) is 5.75 Å². The van der Waals surface area contributed by atoms with Crippen LogP contribution in [0.2, 0.25) is 0 Å². The Morgan fingerprint density at radius 1 is 1.03 bits per heavy atom. The molecule has 164 valence electrons. The average Bonchev–Trinajstić information content (AvgIpc) is 3.38. The number of aryl methyl sites for hydroxylation is 1. The van der Waals surface area contributed by atoms with Gasteiger partial charge in [-0.05, 0) is 36.1 Å². The Morgan fingerprint density at radius 3 is 2.35 bits per heavy atom. The first-order valence-corrected chi connectivity index (χ1v) is 10.1. The number of rotatable bonds is 7. The molecule has 0 saturated heterocycles. The van der Waals surface area contributed by atoms with Crippen LogP contribution in [0.15, 0.2) is 42.7 Å². The molecule has 0 atom stereocenters. The monoisotopic (exact) mass is 424 g/mol. The molecule has 0 bridgehead atoms. The molecule has 0 spiro atoms. The molecule has 9 heteroatoms. The van der Waals surface area contributed by atoms with Crippen molar-refractivity contribution in [1.82, 2.24) is 24.9 Å². The van der Waals surface area contributed by atoms with Crippen molar-refractivity contribution in [1.29, 1.82) is 0 Å². The maximum atomic E-state index is 12.6. The van der Waals surface area contributed by atoms with Gasteiger partial charge >= 0.3 is 0 Å². The molecule has 2 heterocycles. The third kappa shape index (κ3) is 5.30. The van der Waals surface area contributed by atoms with E-state index in [4.69, 9.17) is 4.74 Å². The van der Waals surface area contributed by atoms with Gasteiger partial charge in [-0.3, -0.25) is 14.3 Å². The van der Waals surface area contributed by atoms with Crippen LogP contribution in [0.5, 0.6) is 5.75 Å². The van der Waals surface area contributed by atoms with E-state index in [1.165, 1.54) is 17.3 Å². The second kappa shape index (κ2) is 9.03. The zero-order chi connectivity index (χ0) is 22.6. The van der Waals surface area contributed by atoms with Crippen molar-refractivity contribution in [3.05, 3.63) is 59.7 Å². The smallest absolute Gasteiger partial charge is 0.276 e. The van der Waals surface area contributed by atoms with Crippen LogP contribution in [0.25, 0.3) is 0 Å². The number of nitrogens with zero attached hydrogens (tertiary/aromatic N) is 4. The number of anilines is 1. The summed E-state index contributed by atoms with van der Waals surface area (Å²) in [5.74, 6) is -0.0929. The van der Waals surface area contributed by atoms with Gasteiger partial charge in [0.25, 0.3) is 11.8 Å². The van der Waals surface area contributed by atoms with E-state index in [0.29, 0.717) is 12.2 Å². The number of ether oxygens (including phenoxy) is 1. The number of carbonyl (C=O) groups excluding carboxylic acids is 2. The Hall–Kier alpha value is -3.62. The number of nitrogens with one attached hydrogen (secondary N) is 2. The van der Waals surface area contributed by atoms with Crippen LogP contribution in [-0.4, -0.2) is 38.4 Å². The van der Waals surface area contributed by atoms with Gasteiger partial charge in [-0.15, -0.1) is 0 Å². The van der Waals surface area contributed by atoms with Crippen molar-refractivity contribution in [2.75, 3.05) is 12.4 Å². The zero-order valence-corrected chi connectivity index (χ0v) is 18.5. The standard InChI is InChI=1S/C22H28N6O3/c1-6-27-13-18(19(26-27)21(30)23-5)24-20(29)17-11-12-28(25-17)14-31-16-9-7-15(8-10-16)22(2,3)4/h7-13H,6,14H2,1-5H3,(H,23,30)(H,24,29). The maximum absolute atomic E-state index is 12.6. The molecule has 31 heavy (non-hydrogen) atoms. The fourth-order valence-corrected chi connectivity index (χ4v) is 2.89. The molecule has 0 aliphatic rings. The predicted octanol–water partition coefficient (Wildman–Crippen LogP) is 3.05. The number of amides is 2. The van der Waals surface area contributed by atoms with E-state index >= 15 is 0 Å². The molecular weight excluding hydrogens is 396 g/mol. The highest BCUT2D eigenvalue weighted by Crippen LogP contribution is 2.24. The van der Waals surface area contributed by atoms with Gasteiger partial charge in [0.2, 0.25) is 0 Å². The summed E-state index contributed by atoms with van der Waals surface area (Å²) in [5, 5.41) is 13.7. The minimum Gasteiger partial charge on any atom is -0.471 e. The molecule has 0 aliphatic carbocycles. The summed E-state index contributed by atoms with van der Waals surface area (Å²) in [7, 11) is 1.51. The number of benzene rings is 1. The van der Waals surface area contributed by atoms with Crippen LogP contribution < -0.4 is 15.4 Å². The Bertz CT molecular complexity index is 1060. The van der Waals surface area contributed by atoms with E-state index in [0.717, 1.165) is 5.75 Å². The zero-order valence-electron chi connectivity index (χ0n) is 18.5. The fourth-order valence-electron chi connectivity index (χ4n) is 2.89. The molecule has 0 aliphatic heterocycles. The molecule has 3 aromatic rings. The van der Waals surface area contributed by atoms with E-state index < -0.39 is 5.91 Å². The van der Waals surface area contributed by atoms with E-state index in [2.05, 4.69) is 41.6 Å². The lowest BCUT2D eigenvalue weighted by atomic mass is 9.87. The normalized spacial score (nSPS) is 11.3. The molecule has 0 fully saturated rings. The minimum absolute atomic E-state index is 0.0775. The summed E-state index contributed by atoms with van der Waals surface area (Å²) in [6.07, 6.45) is 3.28. The molecular formula is C22H28N6O3. The van der Waals surface area contributed by atoms with Crippen molar-refractivity contribution in [2.24, 2.45) is 0 Å². The number of hydrogen-bond donors (Lipinski definition) is 2. The molecule has 1 aromatic carbocycles. The van der Waals surface area contributed by atoms with Crippen LogP contribution in [0.1, 0.15) is 54.2 Å². The molecule has 2 amide bonds. The summed E-state index contributed by atoms with van der Waals surface area (Å²) in [6.45, 7) is 9.10. The van der Waals surface area contributed by atoms with Crippen molar-refractivity contribution < 1.29 is 14.3 Å². The van der Waals surface area contributed by atoms with Gasteiger partial charge < -0.3 is 15.4 Å². The first-order valence-electron chi connectivity index (χ1n) is 10.1. The number of carbonyl (C=O) groups is 2. The molecule has 0 unspecified atom stereocenters. The topological polar surface area (TPSA) is 103 Å². The van der Waals surface area contributed by atoms with Gasteiger partial charge in [-0.1, -0.05) is 32.9 Å².